The molecule has 16 nitrogen and oxygen atoms in total. The van der Waals surface area contributed by atoms with E-state index in [2.05, 4.69) is 13.7 Å². The van der Waals surface area contributed by atoms with Gasteiger partial charge in [-0.05, 0) is 38.5 Å². The summed E-state index contributed by atoms with van der Waals surface area (Å²) in [5.41, 5.74) is -0.651. The molecule has 18 heteroatoms. The molecule has 40 heavy (non-hydrogen) atoms. The van der Waals surface area contributed by atoms with E-state index in [1.165, 1.54) is 23.3 Å². The highest BCUT2D eigenvalue weighted by atomic mass is 32.2. The first-order valence-electron chi connectivity index (χ1n) is 11.8. The van der Waals surface area contributed by atoms with Crippen molar-refractivity contribution in [2.45, 2.75) is 51.9 Å². The maximum atomic E-state index is 12.2. The Balaban J connectivity index is 3.09. The van der Waals surface area contributed by atoms with E-state index in [4.69, 9.17) is 9.57 Å². The Morgan fingerprint density at radius 2 is 1.62 bits per heavy atom. The summed E-state index contributed by atoms with van der Waals surface area (Å²) in [5.74, 6) is -1.24. The molecular weight excluding hydrogens is 578 g/mol. The maximum Gasteiger partial charge on any atom is 0.407 e. The summed E-state index contributed by atoms with van der Waals surface area (Å²) >= 11 is 0. The molecular formula is C22H35N3O13S2. The number of nitrogens with one attached hydrogen (secondary N) is 1. The van der Waals surface area contributed by atoms with Gasteiger partial charge < -0.3 is 15.2 Å². The van der Waals surface area contributed by atoms with Gasteiger partial charge in [0.25, 0.3) is 25.9 Å². The Bertz CT molecular complexity index is 1210. The molecule has 0 bridgehead atoms. The zero-order valence-electron chi connectivity index (χ0n) is 22.8. The molecule has 0 saturated carbocycles. The fraction of sp³-hybridized carbons (Fsp3) is 0.636. The number of carboxylic acid groups (broad SMARTS) is 1. The lowest BCUT2D eigenvalue weighted by Crippen LogP contribution is -2.41. The van der Waals surface area contributed by atoms with Crippen molar-refractivity contribution in [1.82, 2.24) is 10.4 Å². The van der Waals surface area contributed by atoms with Crippen LogP contribution in [0, 0.1) is 10.1 Å². The van der Waals surface area contributed by atoms with Crippen LogP contribution in [0.15, 0.2) is 18.2 Å². The van der Waals surface area contributed by atoms with Crippen molar-refractivity contribution in [3.63, 3.8) is 0 Å². The zero-order valence-corrected chi connectivity index (χ0v) is 24.4. The lowest BCUT2D eigenvalue weighted by atomic mass is 9.99. The number of amides is 1. The minimum atomic E-state index is -3.74. The van der Waals surface area contributed by atoms with Gasteiger partial charge in [-0.25, -0.2) is 4.79 Å². The molecule has 1 atom stereocenters. The topological polar surface area (TPSA) is 218 Å². The smallest absolute Gasteiger partial charge is 0.407 e. The number of benzene rings is 1. The summed E-state index contributed by atoms with van der Waals surface area (Å²) < 4.78 is 59.5. The third kappa shape index (κ3) is 16.3. The van der Waals surface area contributed by atoms with Crippen molar-refractivity contribution in [2.24, 2.45) is 0 Å². The van der Waals surface area contributed by atoms with Crippen LogP contribution in [0.1, 0.15) is 38.3 Å². The van der Waals surface area contributed by atoms with E-state index in [-0.39, 0.29) is 50.6 Å². The number of nitro benzene ring substituents is 1. The van der Waals surface area contributed by atoms with Crippen LogP contribution in [0.4, 0.5) is 10.5 Å². The fourth-order valence-electron chi connectivity index (χ4n) is 3.18. The van der Waals surface area contributed by atoms with Gasteiger partial charge in [-0.2, -0.15) is 21.9 Å². The highest BCUT2D eigenvalue weighted by molar-refractivity contribution is 7.86. The van der Waals surface area contributed by atoms with Gasteiger partial charge in [0.1, 0.15) is 5.60 Å². The number of rotatable bonds is 17. The van der Waals surface area contributed by atoms with Crippen molar-refractivity contribution in [1.29, 1.82) is 0 Å². The summed E-state index contributed by atoms with van der Waals surface area (Å²) in [7, 11) is -7.48. The number of nitro groups is 1. The number of hydroxylamine groups is 2. The van der Waals surface area contributed by atoms with Crippen molar-refractivity contribution >= 4 is 38.0 Å². The van der Waals surface area contributed by atoms with Crippen LogP contribution in [-0.4, -0.2) is 94.4 Å². The van der Waals surface area contributed by atoms with Gasteiger partial charge in [0, 0.05) is 37.2 Å². The molecule has 1 unspecified atom stereocenters. The van der Waals surface area contributed by atoms with Crippen LogP contribution in [0.5, 0.6) is 0 Å². The summed E-state index contributed by atoms with van der Waals surface area (Å²) in [5, 5.41) is 24.5. The van der Waals surface area contributed by atoms with Gasteiger partial charge in [-0.3, -0.25) is 28.1 Å². The minimum Gasteiger partial charge on any atom is -0.481 e. The van der Waals surface area contributed by atoms with E-state index in [1.807, 2.05) is 0 Å². The highest BCUT2D eigenvalue weighted by Crippen LogP contribution is 2.23. The maximum absolute atomic E-state index is 12.2. The molecule has 1 aromatic rings. The third-order valence-corrected chi connectivity index (χ3v) is 5.83. The van der Waals surface area contributed by atoms with Gasteiger partial charge in [-0.15, -0.1) is 0 Å². The molecule has 1 amide bonds. The molecule has 0 aromatic heterocycles. The molecule has 0 aliphatic carbocycles. The number of ether oxygens (including phenoxy) is 1. The number of carbonyl (C=O) groups excluding carboxylic acids is 1. The van der Waals surface area contributed by atoms with Crippen molar-refractivity contribution in [3.05, 3.63) is 39.4 Å². The number of nitrogens with zero attached hydrogens (tertiary/aromatic N) is 2. The predicted octanol–water partition coefficient (Wildman–Crippen LogP) is 1.19. The number of aliphatic carboxylic acids is 1. The Kier molecular flexibility index (Phi) is 13.3. The largest absolute Gasteiger partial charge is 0.481 e. The number of carbonyl (C=O) groups is 2. The van der Waals surface area contributed by atoms with Gasteiger partial charge in [0.15, 0.2) is 0 Å². The Morgan fingerprint density at radius 3 is 2.08 bits per heavy atom. The lowest BCUT2D eigenvalue weighted by molar-refractivity contribution is -0.385. The van der Waals surface area contributed by atoms with E-state index in [0.29, 0.717) is 5.56 Å². The van der Waals surface area contributed by atoms with Gasteiger partial charge in [0.2, 0.25) is 0 Å². The van der Waals surface area contributed by atoms with E-state index >= 15 is 0 Å². The second-order valence-corrected chi connectivity index (χ2v) is 12.9. The molecule has 0 fully saturated rings. The molecule has 0 spiro atoms. The highest BCUT2D eigenvalue weighted by Gasteiger charge is 2.25. The second-order valence-electron chi connectivity index (χ2n) is 9.62. The molecule has 1 aromatic carbocycles. The van der Waals surface area contributed by atoms with E-state index in [0.717, 1.165) is 12.5 Å². The standard InChI is InChI=1S/C22H35N3O13S2/c1-22(2,3)38-21(28)23-18(14-20(26)27)13-17-12-16(6-7-19(17)25(29)30)15-35-24(8-10-36-39(4,31)32)9-11-37-40(5,33)34/h6-7,12,18H,8-11,13-15H2,1-5H3,(H,23,28)(H,26,27). The number of alkyl carbamates (subject to hydrolysis) is 1. The monoisotopic (exact) mass is 613 g/mol. The zero-order chi connectivity index (χ0) is 30.7. The molecule has 0 aliphatic heterocycles. The summed E-state index contributed by atoms with van der Waals surface area (Å²) in [4.78, 5) is 40.2. The predicted molar refractivity (Wildman–Crippen MR) is 140 cm³/mol. The molecule has 228 valence electrons. The second kappa shape index (κ2) is 15.2. The molecule has 0 radical (unpaired) electrons. The Morgan fingerprint density at radius 1 is 1.07 bits per heavy atom. The first kappa shape index (κ1) is 35.1. The first-order chi connectivity index (χ1) is 18.2. The number of hydrogen-bond donors (Lipinski definition) is 2. The molecule has 0 aliphatic rings. The van der Waals surface area contributed by atoms with Crippen molar-refractivity contribution in [2.75, 3.05) is 38.8 Å². The molecule has 0 saturated heterocycles. The van der Waals surface area contributed by atoms with Gasteiger partial charge >= 0.3 is 12.1 Å². The Hall–Kier alpha value is -2.90. The average molecular weight is 614 g/mol. The van der Waals surface area contributed by atoms with Crippen LogP contribution in [0.25, 0.3) is 0 Å². The normalized spacial score (nSPS) is 13.2. The van der Waals surface area contributed by atoms with Crippen molar-refractivity contribution in [3.8, 4) is 0 Å². The van der Waals surface area contributed by atoms with Gasteiger partial charge in [-0.1, -0.05) is 0 Å². The quantitative estimate of drug-likeness (QED) is 0.143. The minimum absolute atomic E-state index is 0.0967. The van der Waals surface area contributed by atoms with Crippen LogP contribution in [0.3, 0.4) is 0 Å². The summed E-state index contributed by atoms with van der Waals surface area (Å²) in [6.07, 6.45) is 0.0800. The van der Waals surface area contributed by atoms with Gasteiger partial charge in [0.05, 0.1) is 43.7 Å². The Labute approximate surface area is 232 Å². The van der Waals surface area contributed by atoms with Crippen LogP contribution >= 0.6 is 0 Å². The van der Waals surface area contributed by atoms with Crippen molar-refractivity contribution < 1.29 is 54.4 Å². The van der Waals surface area contributed by atoms with E-state index < -0.39 is 55.3 Å². The van der Waals surface area contributed by atoms with E-state index in [9.17, 15) is 41.6 Å². The van der Waals surface area contributed by atoms with Crippen LogP contribution in [-0.2, 0) is 56.0 Å². The average Bonchev–Trinajstić information content (AvgIpc) is 2.73. The molecule has 0 heterocycles. The summed E-state index contributed by atoms with van der Waals surface area (Å²) in [6.45, 7) is 3.87. The summed E-state index contributed by atoms with van der Waals surface area (Å²) in [6, 6.07) is 2.96. The SMILES string of the molecule is CC(C)(C)OC(=O)NC(CC(=O)O)Cc1cc(CON(CCOS(C)(=O)=O)CCOS(C)(=O)=O)ccc1[N+](=O)[O-]. The number of carboxylic acids is 1. The number of hydrogen-bond acceptors (Lipinski definition) is 13. The third-order valence-electron chi connectivity index (χ3n) is 4.64. The fourth-order valence-corrected chi connectivity index (χ4v) is 3.94. The first-order valence-corrected chi connectivity index (χ1v) is 15.4. The lowest BCUT2D eigenvalue weighted by Gasteiger charge is -2.23. The molecule has 2 N–H and O–H groups in total. The van der Waals surface area contributed by atoms with Crippen LogP contribution in [0.2, 0.25) is 0 Å². The van der Waals surface area contributed by atoms with E-state index in [1.54, 1.807) is 20.8 Å². The molecule has 1 rings (SSSR count). The van der Waals surface area contributed by atoms with Crippen LogP contribution < -0.4 is 5.32 Å².